The zero-order chi connectivity index (χ0) is 19.9. The number of rotatable bonds is 4. The fourth-order valence-electron chi connectivity index (χ4n) is 3.74. The maximum Gasteiger partial charge on any atom is 0.264 e. The molecule has 1 atom stereocenters. The number of sulfonamides is 1. The third-order valence-electron chi connectivity index (χ3n) is 5.10. The second-order valence-electron chi connectivity index (χ2n) is 7.15. The summed E-state index contributed by atoms with van der Waals surface area (Å²) in [6.07, 6.45) is 1.94. The van der Waals surface area contributed by atoms with Crippen molar-refractivity contribution in [2.45, 2.75) is 31.2 Å². The van der Waals surface area contributed by atoms with Crippen LogP contribution in [0.4, 0.5) is 0 Å². The Bertz CT molecular complexity index is 1190. The minimum absolute atomic E-state index is 0.157. The summed E-state index contributed by atoms with van der Waals surface area (Å²) in [7, 11) is -3.77. The zero-order valence-electron chi connectivity index (χ0n) is 15.8. The van der Waals surface area contributed by atoms with Crippen LogP contribution < -0.4 is 0 Å². The Morgan fingerprint density at radius 1 is 1.00 bits per heavy atom. The first-order valence-electron chi connectivity index (χ1n) is 9.18. The molecule has 0 aliphatic carbocycles. The van der Waals surface area contributed by atoms with E-state index in [1.165, 1.54) is 17.3 Å². The number of nitrogens with zero attached hydrogens (tertiary/aromatic N) is 1. The smallest absolute Gasteiger partial charge is 0.264 e. The lowest BCUT2D eigenvalue weighted by atomic mass is 9.90. The number of allylic oxidation sites excluding steroid dienone is 1. The predicted octanol–water partition coefficient (Wildman–Crippen LogP) is 4.76. The lowest BCUT2D eigenvalue weighted by Crippen LogP contribution is -2.43. The highest BCUT2D eigenvalue weighted by atomic mass is 32.2. The average Bonchev–Trinajstić information content (AvgIpc) is 2.64. The molecular formula is C23H21NO3S. The second kappa shape index (κ2) is 6.91. The molecule has 4 nitrogen and oxygen atoms in total. The molecule has 3 aromatic rings. The average molecular weight is 391 g/mol. The Morgan fingerprint density at radius 3 is 2.39 bits per heavy atom. The van der Waals surface area contributed by atoms with Gasteiger partial charge in [-0.3, -0.25) is 9.10 Å². The van der Waals surface area contributed by atoms with Crippen molar-refractivity contribution in [3.05, 3.63) is 89.6 Å². The highest BCUT2D eigenvalue weighted by Gasteiger charge is 2.43. The van der Waals surface area contributed by atoms with Gasteiger partial charge in [-0.15, -0.1) is 0 Å². The van der Waals surface area contributed by atoms with Gasteiger partial charge in [0, 0.05) is 18.2 Å². The molecule has 1 saturated heterocycles. The molecule has 4 rings (SSSR count). The van der Waals surface area contributed by atoms with E-state index in [2.05, 4.69) is 0 Å². The predicted molar refractivity (Wildman–Crippen MR) is 110 cm³/mol. The van der Waals surface area contributed by atoms with E-state index in [-0.39, 0.29) is 16.7 Å². The summed E-state index contributed by atoms with van der Waals surface area (Å²) in [6.45, 7) is 3.36. The van der Waals surface area contributed by atoms with Crippen LogP contribution in [-0.4, -0.2) is 18.5 Å². The quantitative estimate of drug-likeness (QED) is 0.603. The van der Waals surface area contributed by atoms with Gasteiger partial charge in [-0.1, -0.05) is 60.2 Å². The Morgan fingerprint density at radius 2 is 1.68 bits per heavy atom. The van der Waals surface area contributed by atoms with Gasteiger partial charge in [0.25, 0.3) is 10.0 Å². The summed E-state index contributed by atoms with van der Waals surface area (Å²) in [5, 5.41) is 2.10. The van der Waals surface area contributed by atoms with E-state index in [0.717, 1.165) is 21.9 Å². The SMILES string of the molecule is CC(=O)/C=C1\CC(c2cccc3ccccc23)N1S(=O)(=O)c1ccc(C)cc1. The van der Waals surface area contributed by atoms with Gasteiger partial charge >= 0.3 is 0 Å². The van der Waals surface area contributed by atoms with Gasteiger partial charge in [0.15, 0.2) is 5.78 Å². The normalized spacial score (nSPS) is 18.3. The van der Waals surface area contributed by atoms with Crippen molar-refractivity contribution >= 4 is 26.6 Å². The van der Waals surface area contributed by atoms with E-state index in [4.69, 9.17) is 0 Å². The van der Waals surface area contributed by atoms with Crippen LogP contribution in [0.2, 0.25) is 0 Å². The standard InChI is InChI=1S/C23H21NO3S/c1-16-10-12-20(13-11-16)28(26,27)24-19(14-17(2)25)15-23(24)22-9-5-7-18-6-3-4-8-21(18)22/h3-14,23H,15H2,1-2H3/b19-14+. The first kappa shape index (κ1) is 18.4. The molecule has 3 aromatic carbocycles. The summed E-state index contributed by atoms with van der Waals surface area (Å²) in [6, 6.07) is 20.4. The number of aryl methyl sites for hydroxylation is 1. The highest BCUT2D eigenvalue weighted by molar-refractivity contribution is 7.89. The molecule has 0 N–H and O–H groups in total. The topological polar surface area (TPSA) is 54.5 Å². The molecule has 0 radical (unpaired) electrons. The molecule has 142 valence electrons. The second-order valence-corrected chi connectivity index (χ2v) is 8.96. The van der Waals surface area contributed by atoms with Crippen LogP contribution in [-0.2, 0) is 14.8 Å². The van der Waals surface area contributed by atoms with Crippen LogP contribution in [0.3, 0.4) is 0 Å². The van der Waals surface area contributed by atoms with Crippen LogP contribution in [0.25, 0.3) is 10.8 Å². The summed E-state index contributed by atoms with van der Waals surface area (Å²) in [4.78, 5) is 11.9. The number of carbonyl (C=O) groups excluding carboxylic acids is 1. The first-order chi connectivity index (χ1) is 13.4. The largest absolute Gasteiger partial charge is 0.295 e. The number of ketones is 1. The lowest BCUT2D eigenvalue weighted by Gasteiger charge is -2.44. The van der Waals surface area contributed by atoms with Crippen molar-refractivity contribution in [3.8, 4) is 0 Å². The molecular weight excluding hydrogens is 370 g/mol. The van der Waals surface area contributed by atoms with Crippen LogP contribution in [0.15, 0.2) is 83.4 Å². The first-order valence-corrected chi connectivity index (χ1v) is 10.6. The van der Waals surface area contributed by atoms with E-state index in [9.17, 15) is 13.2 Å². The number of fused-ring (bicyclic) bond motifs is 1. The van der Waals surface area contributed by atoms with Gasteiger partial charge in [-0.2, -0.15) is 0 Å². The summed E-state index contributed by atoms with van der Waals surface area (Å²) >= 11 is 0. The van der Waals surface area contributed by atoms with E-state index >= 15 is 0 Å². The summed E-state index contributed by atoms with van der Waals surface area (Å²) < 4.78 is 28.2. The molecule has 1 aliphatic rings. The molecule has 1 heterocycles. The van der Waals surface area contributed by atoms with Gasteiger partial charge in [-0.05, 0) is 42.3 Å². The van der Waals surface area contributed by atoms with Crippen LogP contribution in [0.5, 0.6) is 0 Å². The molecule has 0 bridgehead atoms. The van der Waals surface area contributed by atoms with E-state index in [1.807, 2.05) is 49.4 Å². The molecule has 1 unspecified atom stereocenters. The van der Waals surface area contributed by atoms with Crippen molar-refractivity contribution in [2.75, 3.05) is 0 Å². The van der Waals surface area contributed by atoms with Crippen molar-refractivity contribution in [2.24, 2.45) is 0 Å². The van der Waals surface area contributed by atoms with Gasteiger partial charge in [0.1, 0.15) is 0 Å². The summed E-state index contributed by atoms with van der Waals surface area (Å²) in [5.41, 5.74) is 2.48. The Balaban J connectivity index is 1.84. The third kappa shape index (κ3) is 3.12. The van der Waals surface area contributed by atoms with Crippen LogP contribution in [0.1, 0.15) is 30.5 Å². The lowest BCUT2D eigenvalue weighted by molar-refractivity contribution is -0.112. The third-order valence-corrected chi connectivity index (χ3v) is 6.97. The molecule has 0 spiro atoms. The molecule has 0 aromatic heterocycles. The number of hydrogen-bond acceptors (Lipinski definition) is 3. The van der Waals surface area contributed by atoms with E-state index < -0.39 is 10.0 Å². The molecule has 1 aliphatic heterocycles. The van der Waals surface area contributed by atoms with Crippen molar-refractivity contribution < 1.29 is 13.2 Å². The molecule has 28 heavy (non-hydrogen) atoms. The molecule has 1 fully saturated rings. The summed E-state index contributed by atoms with van der Waals surface area (Å²) in [5.74, 6) is -0.157. The zero-order valence-corrected chi connectivity index (χ0v) is 16.6. The molecule has 0 amide bonds. The Hall–Kier alpha value is -2.92. The van der Waals surface area contributed by atoms with Gasteiger partial charge in [-0.25, -0.2) is 8.42 Å². The maximum atomic E-state index is 13.4. The van der Waals surface area contributed by atoms with Crippen LogP contribution >= 0.6 is 0 Å². The Kier molecular flexibility index (Phi) is 4.55. The number of benzene rings is 3. The van der Waals surface area contributed by atoms with E-state index in [1.54, 1.807) is 24.3 Å². The minimum atomic E-state index is -3.77. The fourth-order valence-corrected chi connectivity index (χ4v) is 5.41. The van der Waals surface area contributed by atoms with Crippen molar-refractivity contribution in [1.82, 2.24) is 4.31 Å². The molecule has 0 saturated carbocycles. The maximum absolute atomic E-state index is 13.4. The monoisotopic (exact) mass is 391 g/mol. The number of carbonyl (C=O) groups is 1. The highest BCUT2D eigenvalue weighted by Crippen LogP contribution is 2.47. The van der Waals surface area contributed by atoms with Gasteiger partial charge in [0.2, 0.25) is 0 Å². The van der Waals surface area contributed by atoms with Crippen molar-refractivity contribution in [3.63, 3.8) is 0 Å². The number of hydrogen-bond donors (Lipinski definition) is 0. The van der Waals surface area contributed by atoms with Gasteiger partial charge in [0.05, 0.1) is 10.9 Å². The van der Waals surface area contributed by atoms with Crippen LogP contribution in [0, 0.1) is 6.92 Å². The van der Waals surface area contributed by atoms with E-state index in [0.29, 0.717) is 12.1 Å². The minimum Gasteiger partial charge on any atom is -0.295 e. The van der Waals surface area contributed by atoms with Crippen molar-refractivity contribution in [1.29, 1.82) is 0 Å². The van der Waals surface area contributed by atoms with Gasteiger partial charge < -0.3 is 0 Å². The molecule has 5 heteroatoms. The fraction of sp³-hybridized carbons (Fsp3) is 0.174. The Labute approximate surface area is 165 Å².